The molecule has 1 aromatic carbocycles. The third kappa shape index (κ3) is 1.78. The number of aromatic amines is 1. The lowest BCUT2D eigenvalue weighted by molar-refractivity contribution is -0.146. The van der Waals surface area contributed by atoms with Crippen LogP contribution in [0.25, 0.3) is 11.0 Å². The summed E-state index contributed by atoms with van der Waals surface area (Å²) < 4.78 is 31.3. The van der Waals surface area contributed by atoms with Crippen molar-refractivity contribution in [3.8, 4) is 0 Å². The van der Waals surface area contributed by atoms with Crippen LogP contribution in [-0.2, 0) is 14.9 Å². The molecule has 0 aliphatic heterocycles. The van der Waals surface area contributed by atoms with Gasteiger partial charge in [0.05, 0.1) is 17.6 Å². The summed E-state index contributed by atoms with van der Waals surface area (Å²) in [5.74, 6) is -1.81. The number of benzene rings is 1. The van der Waals surface area contributed by atoms with Crippen LogP contribution < -0.4 is 0 Å². The van der Waals surface area contributed by atoms with E-state index in [2.05, 4.69) is 9.97 Å². The molecule has 0 atom stereocenters. The number of carbonyl (C=O) groups excluding carboxylic acids is 1. The van der Waals surface area contributed by atoms with Gasteiger partial charge in [0.15, 0.2) is 11.6 Å². The normalized spacial score (nSPS) is 16.6. The lowest BCUT2D eigenvalue weighted by atomic mass is 10.1. The SMILES string of the molecule is CCOC(=O)C1(c2nc3cc(F)c(F)cc3[nH]2)CC1. The number of rotatable bonds is 3. The Kier molecular flexibility index (Phi) is 2.55. The minimum Gasteiger partial charge on any atom is -0.465 e. The molecule has 2 aromatic rings. The van der Waals surface area contributed by atoms with Gasteiger partial charge < -0.3 is 9.72 Å². The van der Waals surface area contributed by atoms with Gasteiger partial charge in [0.25, 0.3) is 0 Å². The maximum absolute atomic E-state index is 13.1. The van der Waals surface area contributed by atoms with Gasteiger partial charge in [0, 0.05) is 12.1 Å². The van der Waals surface area contributed by atoms with Crippen LogP contribution >= 0.6 is 0 Å². The molecule has 1 N–H and O–H groups in total. The minimum atomic E-state index is -0.952. The van der Waals surface area contributed by atoms with Crippen LogP contribution in [0.1, 0.15) is 25.6 Å². The van der Waals surface area contributed by atoms with E-state index in [1.54, 1.807) is 6.92 Å². The molecule has 0 unspecified atom stereocenters. The fourth-order valence-electron chi connectivity index (χ4n) is 2.16. The molecule has 0 bridgehead atoms. The molecular formula is C13H12F2N2O2. The lowest BCUT2D eigenvalue weighted by Crippen LogP contribution is -2.24. The first-order valence-corrected chi connectivity index (χ1v) is 6.09. The second kappa shape index (κ2) is 4.01. The van der Waals surface area contributed by atoms with E-state index in [1.807, 2.05) is 0 Å². The molecule has 1 heterocycles. The summed E-state index contributed by atoms with van der Waals surface area (Å²) in [6, 6.07) is 2.06. The summed E-state index contributed by atoms with van der Waals surface area (Å²) in [5, 5.41) is 0. The van der Waals surface area contributed by atoms with Crippen LogP contribution in [-0.4, -0.2) is 22.5 Å². The maximum Gasteiger partial charge on any atom is 0.319 e. The molecule has 1 aliphatic rings. The predicted molar refractivity (Wildman–Crippen MR) is 63.6 cm³/mol. The first-order valence-electron chi connectivity index (χ1n) is 6.09. The van der Waals surface area contributed by atoms with E-state index in [1.165, 1.54) is 0 Å². The van der Waals surface area contributed by atoms with E-state index in [0.717, 1.165) is 12.1 Å². The minimum absolute atomic E-state index is 0.296. The van der Waals surface area contributed by atoms with Gasteiger partial charge in [-0.1, -0.05) is 0 Å². The first-order chi connectivity index (χ1) is 9.06. The number of aromatic nitrogens is 2. The number of H-pyrrole nitrogens is 1. The lowest BCUT2D eigenvalue weighted by Gasteiger charge is -2.10. The van der Waals surface area contributed by atoms with Gasteiger partial charge in [-0.05, 0) is 19.8 Å². The van der Waals surface area contributed by atoms with Crippen molar-refractivity contribution in [2.75, 3.05) is 6.61 Å². The zero-order chi connectivity index (χ0) is 13.6. The highest BCUT2D eigenvalue weighted by Crippen LogP contribution is 2.48. The van der Waals surface area contributed by atoms with Crippen LogP contribution in [0.2, 0.25) is 0 Å². The smallest absolute Gasteiger partial charge is 0.319 e. The molecule has 3 rings (SSSR count). The Morgan fingerprint density at radius 1 is 1.42 bits per heavy atom. The van der Waals surface area contributed by atoms with Gasteiger partial charge in [0.2, 0.25) is 0 Å². The zero-order valence-electron chi connectivity index (χ0n) is 10.3. The zero-order valence-corrected chi connectivity index (χ0v) is 10.3. The Bertz CT molecular complexity index is 623. The van der Waals surface area contributed by atoms with E-state index in [4.69, 9.17) is 4.74 Å². The summed E-state index contributed by atoms with van der Waals surface area (Å²) in [4.78, 5) is 19.0. The molecule has 1 aliphatic carbocycles. The molecule has 0 spiro atoms. The van der Waals surface area contributed by atoms with Crippen molar-refractivity contribution in [3.63, 3.8) is 0 Å². The summed E-state index contributed by atoms with van der Waals surface area (Å²) in [7, 11) is 0. The first kappa shape index (κ1) is 12.1. The summed E-state index contributed by atoms with van der Waals surface area (Å²) in [6.45, 7) is 2.03. The van der Waals surface area contributed by atoms with Crippen LogP contribution in [0.4, 0.5) is 8.78 Å². The van der Waals surface area contributed by atoms with E-state index >= 15 is 0 Å². The number of esters is 1. The average Bonchev–Trinajstić information content (AvgIpc) is 3.08. The molecule has 0 saturated heterocycles. The number of fused-ring (bicyclic) bond motifs is 1. The number of hydrogen-bond acceptors (Lipinski definition) is 3. The van der Waals surface area contributed by atoms with Gasteiger partial charge in [-0.15, -0.1) is 0 Å². The molecule has 100 valence electrons. The van der Waals surface area contributed by atoms with Gasteiger partial charge in [-0.25, -0.2) is 13.8 Å². The maximum atomic E-state index is 13.1. The summed E-state index contributed by atoms with van der Waals surface area (Å²) in [5.41, 5.74) is -0.0731. The molecule has 1 aromatic heterocycles. The number of imidazole rings is 1. The molecule has 0 radical (unpaired) electrons. The highest BCUT2D eigenvalue weighted by atomic mass is 19.2. The second-order valence-electron chi connectivity index (χ2n) is 4.67. The van der Waals surface area contributed by atoms with Crippen LogP contribution in [0.15, 0.2) is 12.1 Å². The average molecular weight is 266 g/mol. The standard InChI is InChI=1S/C13H12F2N2O2/c1-2-19-12(18)13(3-4-13)11-16-9-5-7(14)8(15)6-10(9)17-11/h5-6H,2-4H2,1H3,(H,16,17). The number of ether oxygens (including phenoxy) is 1. The highest BCUT2D eigenvalue weighted by molar-refractivity contribution is 5.87. The van der Waals surface area contributed by atoms with E-state index in [9.17, 15) is 13.6 Å². The van der Waals surface area contributed by atoms with E-state index in [0.29, 0.717) is 36.3 Å². The number of halogens is 2. The Hall–Kier alpha value is -1.98. The van der Waals surface area contributed by atoms with Gasteiger partial charge >= 0.3 is 5.97 Å². The Balaban J connectivity index is 2.04. The monoisotopic (exact) mass is 266 g/mol. The van der Waals surface area contributed by atoms with E-state index < -0.39 is 17.0 Å². The van der Waals surface area contributed by atoms with Crippen molar-refractivity contribution >= 4 is 17.0 Å². The molecule has 1 saturated carbocycles. The molecule has 4 nitrogen and oxygen atoms in total. The third-order valence-corrected chi connectivity index (χ3v) is 3.39. The van der Waals surface area contributed by atoms with Crippen molar-refractivity contribution in [3.05, 3.63) is 29.6 Å². The fraction of sp³-hybridized carbons (Fsp3) is 0.385. The van der Waals surface area contributed by atoms with Gasteiger partial charge in [-0.2, -0.15) is 0 Å². The topological polar surface area (TPSA) is 55.0 Å². The van der Waals surface area contributed by atoms with Gasteiger partial charge in [-0.3, -0.25) is 4.79 Å². The predicted octanol–water partition coefficient (Wildman–Crippen LogP) is 2.44. The Morgan fingerprint density at radius 2 is 2.11 bits per heavy atom. The van der Waals surface area contributed by atoms with Gasteiger partial charge in [0.1, 0.15) is 11.2 Å². The van der Waals surface area contributed by atoms with Crippen molar-refractivity contribution in [1.29, 1.82) is 0 Å². The molecule has 1 fully saturated rings. The number of nitrogens with one attached hydrogen (secondary N) is 1. The summed E-state index contributed by atoms with van der Waals surface area (Å²) >= 11 is 0. The molecule has 6 heteroatoms. The molecule has 19 heavy (non-hydrogen) atoms. The van der Waals surface area contributed by atoms with Crippen LogP contribution in [0.5, 0.6) is 0 Å². The van der Waals surface area contributed by atoms with Crippen molar-refractivity contribution in [2.24, 2.45) is 0 Å². The second-order valence-corrected chi connectivity index (χ2v) is 4.67. The third-order valence-electron chi connectivity index (χ3n) is 3.39. The highest BCUT2D eigenvalue weighted by Gasteiger charge is 2.55. The quantitative estimate of drug-likeness (QED) is 0.868. The van der Waals surface area contributed by atoms with Crippen molar-refractivity contribution in [1.82, 2.24) is 9.97 Å². The Morgan fingerprint density at radius 3 is 2.74 bits per heavy atom. The molecular weight excluding hydrogens is 254 g/mol. The number of carbonyl (C=O) groups is 1. The van der Waals surface area contributed by atoms with Crippen molar-refractivity contribution in [2.45, 2.75) is 25.2 Å². The number of nitrogens with zero attached hydrogens (tertiary/aromatic N) is 1. The van der Waals surface area contributed by atoms with Crippen LogP contribution in [0, 0.1) is 11.6 Å². The molecule has 0 amide bonds. The summed E-state index contributed by atoms with van der Waals surface area (Å²) in [6.07, 6.45) is 1.27. The largest absolute Gasteiger partial charge is 0.465 e. The Labute approximate surface area is 107 Å². The van der Waals surface area contributed by atoms with Crippen LogP contribution in [0.3, 0.4) is 0 Å². The fourth-order valence-corrected chi connectivity index (χ4v) is 2.16. The van der Waals surface area contributed by atoms with Crippen molar-refractivity contribution < 1.29 is 18.3 Å². The van der Waals surface area contributed by atoms with E-state index in [-0.39, 0.29) is 5.97 Å². The number of hydrogen-bond donors (Lipinski definition) is 1.